The Kier molecular flexibility index (Phi) is 4.11. The van der Waals surface area contributed by atoms with Crippen LogP contribution in [0.3, 0.4) is 0 Å². The number of rotatable bonds is 4. The molecule has 82 valence electrons. The highest BCUT2D eigenvalue weighted by molar-refractivity contribution is 6.59. The number of hydrogen-bond acceptors (Lipinski definition) is 3. The van der Waals surface area contributed by atoms with E-state index in [1.807, 2.05) is 13.8 Å². The van der Waals surface area contributed by atoms with Gasteiger partial charge in [-0.15, -0.1) is 0 Å². The van der Waals surface area contributed by atoms with Gasteiger partial charge in [0.1, 0.15) is 11.6 Å². The van der Waals surface area contributed by atoms with E-state index in [1.54, 1.807) is 0 Å². The average Bonchev–Trinajstić information content (AvgIpc) is 2.14. The van der Waals surface area contributed by atoms with E-state index in [2.05, 4.69) is 0 Å². The standard InChI is InChI=1S/C10H14BFO3/c1-7(2)6-15-10-5-8(12)3-4-9(10)11(13)14/h3-5,7,13-14H,6H2,1-2H3. The van der Waals surface area contributed by atoms with Crippen molar-refractivity contribution in [2.45, 2.75) is 13.8 Å². The van der Waals surface area contributed by atoms with E-state index in [0.717, 1.165) is 12.1 Å². The SMILES string of the molecule is CC(C)COc1cc(F)ccc1B(O)O. The predicted octanol–water partition coefficient (Wildman–Crippen LogP) is 0.540. The second-order valence-electron chi connectivity index (χ2n) is 3.76. The maximum Gasteiger partial charge on any atom is 0.492 e. The fraction of sp³-hybridized carbons (Fsp3) is 0.400. The second-order valence-corrected chi connectivity index (χ2v) is 3.76. The van der Waals surface area contributed by atoms with Crippen molar-refractivity contribution >= 4 is 12.6 Å². The van der Waals surface area contributed by atoms with Crippen LogP contribution in [0.4, 0.5) is 4.39 Å². The van der Waals surface area contributed by atoms with Gasteiger partial charge in [0.05, 0.1) is 6.61 Å². The third-order valence-corrected chi connectivity index (χ3v) is 1.83. The first-order chi connectivity index (χ1) is 7.00. The molecule has 0 radical (unpaired) electrons. The molecule has 1 aromatic rings. The minimum atomic E-state index is -1.65. The van der Waals surface area contributed by atoms with Gasteiger partial charge >= 0.3 is 7.12 Å². The molecule has 0 fully saturated rings. The van der Waals surface area contributed by atoms with Crippen molar-refractivity contribution in [1.82, 2.24) is 0 Å². The molecule has 0 aliphatic carbocycles. The zero-order valence-electron chi connectivity index (χ0n) is 8.77. The Morgan fingerprint density at radius 2 is 2.07 bits per heavy atom. The van der Waals surface area contributed by atoms with Crippen LogP contribution in [0.1, 0.15) is 13.8 Å². The fourth-order valence-corrected chi connectivity index (χ4v) is 1.10. The van der Waals surface area contributed by atoms with E-state index in [-0.39, 0.29) is 17.1 Å². The molecule has 0 unspecified atom stereocenters. The van der Waals surface area contributed by atoms with Gasteiger partial charge in [0, 0.05) is 11.5 Å². The number of halogens is 1. The topological polar surface area (TPSA) is 49.7 Å². The Morgan fingerprint density at radius 1 is 1.40 bits per heavy atom. The summed E-state index contributed by atoms with van der Waals surface area (Å²) in [5, 5.41) is 18.0. The van der Waals surface area contributed by atoms with Crippen LogP contribution in [0.15, 0.2) is 18.2 Å². The summed E-state index contributed by atoms with van der Waals surface area (Å²) >= 11 is 0. The molecule has 0 heterocycles. The van der Waals surface area contributed by atoms with Crippen molar-refractivity contribution in [3.8, 4) is 5.75 Å². The molecule has 5 heteroatoms. The Hall–Kier alpha value is -1.07. The minimum Gasteiger partial charge on any atom is -0.494 e. The summed E-state index contributed by atoms with van der Waals surface area (Å²) in [5.74, 6) is 0.00816. The molecule has 0 amide bonds. The lowest BCUT2D eigenvalue weighted by Crippen LogP contribution is -2.32. The Labute approximate surface area is 88.7 Å². The first kappa shape index (κ1) is 12.0. The van der Waals surface area contributed by atoms with Gasteiger partial charge < -0.3 is 14.8 Å². The summed E-state index contributed by atoms with van der Waals surface area (Å²) in [5.41, 5.74) is 0.178. The van der Waals surface area contributed by atoms with Crippen LogP contribution in [-0.4, -0.2) is 23.8 Å². The molecule has 0 saturated carbocycles. The van der Waals surface area contributed by atoms with Crippen molar-refractivity contribution in [2.75, 3.05) is 6.61 Å². The molecule has 1 aromatic carbocycles. The third kappa shape index (κ3) is 3.53. The molecule has 0 saturated heterocycles. The zero-order valence-corrected chi connectivity index (χ0v) is 8.77. The molecular weight excluding hydrogens is 198 g/mol. The Morgan fingerprint density at radius 3 is 2.60 bits per heavy atom. The number of benzene rings is 1. The van der Waals surface area contributed by atoms with Crippen LogP contribution in [0, 0.1) is 11.7 Å². The van der Waals surface area contributed by atoms with E-state index < -0.39 is 12.9 Å². The maximum atomic E-state index is 12.9. The van der Waals surface area contributed by atoms with Crippen LogP contribution in [0.5, 0.6) is 5.75 Å². The van der Waals surface area contributed by atoms with Gasteiger partial charge in [-0.1, -0.05) is 19.9 Å². The van der Waals surface area contributed by atoms with E-state index in [1.165, 1.54) is 6.07 Å². The lowest BCUT2D eigenvalue weighted by Gasteiger charge is -2.12. The molecule has 0 aromatic heterocycles. The van der Waals surface area contributed by atoms with Crippen molar-refractivity contribution in [3.63, 3.8) is 0 Å². The zero-order chi connectivity index (χ0) is 11.4. The smallest absolute Gasteiger partial charge is 0.492 e. The molecule has 0 bridgehead atoms. The summed E-state index contributed by atoms with van der Waals surface area (Å²) in [4.78, 5) is 0. The van der Waals surface area contributed by atoms with E-state index >= 15 is 0 Å². The van der Waals surface area contributed by atoms with Crippen LogP contribution in [-0.2, 0) is 0 Å². The highest BCUT2D eigenvalue weighted by Crippen LogP contribution is 2.11. The maximum absolute atomic E-state index is 12.9. The quantitative estimate of drug-likeness (QED) is 0.716. The van der Waals surface area contributed by atoms with Crippen LogP contribution in [0.25, 0.3) is 0 Å². The van der Waals surface area contributed by atoms with Gasteiger partial charge in [-0.3, -0.25) is 0 Å². The average molecular weight is 212 g/mol. The van der Waals surface area contributed by atoms with E-state index in [4.69, 9.17) is 14.8 Å². The van der Waals surface area contributed by atoms with E-state index in [9.17, 15) is 4.39 Å². The number of ether oxygens (including phenoxy) is 1. The normalized spacial score (nSPS) is 10.5. The van der Waals surface area contributed by atoms with Crippen molar-refractivity contribution in [2.24, 2.45) is 5.92 Å². The van der Waals surface area contributed by atoms with Crippen LogP contribution < -0.4 is 10.2 Å². The summed E-state index contributed by atoms with van der Waals surface area (Å²) < 4.78 is 18.2. The first-order valence-electron chi connectivity index (χ1n) is 4.79. The Bertz CT molecular complexity index is 328. The predicted molar refractivity (Wildman–Crippen MR) is 56.6 cm³/mol. The van der Waals surface area contributed by atoms with Crippen LogP contribution >= 0.6 is 0 Å². The lowest BCUT2D eigenvalue weighted by molar-refractivity contribution is 0.270. The van der Waals surface area contributed by atoms with Gasteiger partial charge in [-0.25, -0.2) is 4.39 Å². The van der Waals surface area contributed by atoms with Gasteiger partial charge in [0.2, 0.25) is 0 Å². The molecule has 1 rings (SSSR count). The van der Waals surface area contributed by atoms with Gasteiger partial charge in [0.15, 0.2) is 0 Å². The van der Waals surface area contributed by atoms with Crippen LogP contribution in [0.2, 0.25) is 0 Å². The Balaban J connectivity index is 2.87. The van der Waals surface area contributed by atoms with Crippen molar-refractivity contribution in [1.29, 1.82) is 0 Å². The number of hydrogen-bond donors (Lipinski definition) is 2. The van der Waals surface area contributed by atoms with Gasteiger partial charge in [-0.05, 0) is 12.0 Å². The van der Waals surface area contributed by atoms with E-state index in [0.29, 0.717) is 6.61 Å². The summed E-state index contributed by atoms with van der Waals surface area (Å²) in [6.45, 7) is 4.31. The summed E-state index contributed by atoms with van der Waals surface area (Å²) in [6.07, 6.45) is 0. The first-order valence-corrected chi connectivity index (χ1v) is 4.79. The minimum absolute atomic E-state index is 0.178. The monoisotopic (exact) mass is 212 g/mol. The van der Waals surface area contributed by atoms with Gasteiger partial charge in [0.25, 0.3) is 0 Å². The fourth-order valence-electron chi connectivity index (χ4n) is 1.10. The molecule has 3 nitrogen and oxygen atoms in total. The van der Waals surface area contributed by atoms with Crippen molar-refractivity contribution in [3.05, 3.63) is 24.0 Å². The summed E-state index contributed by atoms with van der Waals surface area (Å²) in [6, 6.07) is 3.61. The molecule has 0 aliphatic heterocycles. The van der Waals surface area contributed by atoms with Gasteiger partial charge in [-0.2, -0.15) is 0 Å². The second kappa shape index (κ2) is 5.14. The highest BCUT2D eigenvalue weighted by atomic mass is 19.1. The summed E-state index contributed by atoms with van der Waals surface area (Å²) in [7, 11) is -1.65. The van der Waals surface area contributed by atoms with Crippen molar-refractivity contribution < 1.29 is 19.2 Å². The molecule has 2 N–H and O–H groups in total. The molecule has 0 spiro atoms. The highest BCUT2D eigenvalue weighted by Gasteiger charge is 2.17. The largest absolute Gasteiger partial charge is 0.494 e. The third-order valence-electron chi connectivity index (χ3n) is 1.83. The molecule has 15 heavy (non-hydrogen) atoms. The molecule has 0 aliphatic rings. The molecular formula is C10H14BFO3. The molecule has 0 atom stereocenters. The lowest BCUT2D eigenvalue weighted by atomic mass is 9.79.